The third kappa shape index (κ3) is 3.98. The highest BCUT2D eigenvalue weighted by atomic mass is 16.2. The number of urea groups is 1. The van der Waals surface area contributed by atoms with Crippen LogP contribution in [0.1, 0.15) is 24.5 Å². The normalized spacial score (nSPS) is 20.4. The Bertz CT molecular complexity index is 564. The first kappa shape index (κ1) is 16.6. The lowest BCUT2D eigenvalue weighted by Crippen LogP contribution is -2.45. The fourth-order valence-corrected chi connectivity index (χ4v) is 2.03. The monoisotopic (exact) mass is 291 g/mol. The first-order valence-electron chi connectivity index (χ1n) is 6.30. The summed E-state index contributed by atoms with van der Waals surface area (Å²) < 4.78 is 0. The zero-order valence-electron chi connectivity index (χ0n) is 11.9. The molecular formula is C14H17N3O4. The van der Waals surface area contributed by atoms with Crippen molar-refractivity contribution in [1.29, 1.82) is 0 Å². The fraction of sp³-hybridized carbons (Fsp3) is 0.357. The number of nitrogens with zero attached hydrogens (tertiary/aromatic N) is 1. The maximum Gasteiger partial charge on any atom is 0.373 e. The molecule has 3 N–H and O–H groups in total. The summed E-state index contributed by atoms with van der Waals surface area (Å²) >= 11 is 0. The van der Waals surface area contributed by atoms with Crippen LogP contribution >= 0.6 is 0 Å². The topological polar surface area (TPSA) is 110 Å². The van der Waals surface area contributed by atoms with E-state index < -0.39 is 11.6 Å². The standard InChI is InChI=1S/C13H17N3O2.CO2/c1-9-3-5-10(6-4-9)7-8-13(2)11(17)16(14)12(18)15-13;2-1-3/h3-6H,7-8,14H2,1-2H3,(H,15,18);. The van der Waals surface area contributed by atoms with Gasteiger partial charge in [-0.1, -0.05) is 29.8 Å². The first-order chi connectivity index (χ1) is 9.84. The van der Waals surface area contributed by atoms with E-state index in [1.807, 2.05) is 31.2 Å². The number of carbonyl (C=O) groups excluding carboxylic acids is 4. The summed E-state index contributed by atoms with van der Waals surface area (Å²) in [7, 11) is 0. The van der Waals surface area contributed by atoms with Crippen LogP contribution in [0.15, 0.2) is 24.3 Å². The van der Waals surface area contributed by atoms with Crippen molar-refractivity contribution in [3.8, 4) is 0 Å². The number of hydrazine groups is 1. The third-order valence-corrected chi connectivity index (χ3v) is 3.33. The van der Waals surface area contributed by atoms with Gasteiger partial charge in [0.2, 0.25) is 0 Å². The zero-order valence-corrected chi connectivity index (χ0v) is 11.9. The zero-order chi connectivity index (χ0) is 16.0. The Balaban J connectivity index is 0.000000677. The van der Waals surface area contributed by atoms with Crippen molar-refractivity contribution in [1.82, 2.24) is 10.3 Å². The smallest absolute Gasteiger partial charge is 0.322 e. The first-order valence-corrected chi connectivity index (χ1v) is 6.30. The molecule has 1 fully saturated rings. The summed E-state index contributed by atoms with van der Waals surface area (Å²) in [6, 6.07) is 7.58. The maximum atomic E-state index is 11.8. The molecule has 1 saturated heterocycles. The summed E-state index contributed by atoms with van der Waals surface area (Å²) in [6.07, 6.45) is 1.50. The molecule has 21 heavy (non-hydrogen) atoms. The van der Waals surface area contributed by atoms with Crippen LogP contribution in [-0.2, 0) is 20.8 Å². The molecule has 1 aliphatic heterocycles. The van der Waals surface area contributed by atoms with Gasteiger partial charge in [0.25, 0.3) is 5.91 Å². The number of nitrogens with one attached hydrogen (secondary N) is 1. The van der Waals surface area contributed by atoms with E-state index in [9.17, 15) is 9.59 Å². The minimum atomic E-state index is -0.892. The lowest BCUT2D eigenvalue weighted by molar-refractivity contribution is -0.191. The Morgan fingerprint density at radius 3 is 2.19 bits per heavy atom. The third-order valence-electron chi connectivity index (χ3n) is 3.33. The van der Waals surface area contributed by atoms with Gasteiger partial charge in [0.15, 0.2) is 0 Å². The molecule has 3 amide bonds. The molecule has 1 aromatic rings. The molecule has 1 unspecified atom stereocenters. The molecule has 0 aliphatic carbocycles. The minimum Gasteiger partial charge on any atom is -0.322 e. The van der Waals surface area contributed by atoms with Crippen molar-refractivity contribution in [2.24, 2.45) is 5.84 Å². The van der Waals surface area contributed by atoms with Crippen LogP contribution < -0.4 is 11.2 Å². The van der Waals surface area contributed by atoms with Gasteiger partial charge in [0.05, 0.1) is 0 Å². The van der Waals surface area contributed by atoms with Crippen molar-refractivity contribution in [3.05, 3.63) is 35.4 Å². The molecule has 1 atom stereocenters. The van der Waals surface area contributed by atoms with Crippen molar-refractivity contribution >= 4 is 18.1 Å². The van der Waals surface area contributed by atoms with Crippen LogP contribution in [0.5, 0.6) is 0 Å². The summed E-state index contributed by atoms with van der Waals surface area (Å²) in [4.78, 5) is 39.4. The molecule has 2 rings (SSSR count). The number of carbonyl (C=O) groups is 2. The predicted octanol–water partition coefficient (Wildman–Crippen LogP) is 0.528. The number of imide groups is 1. The van der Waals surface area contributed by atoms with Crippen LogP contribution in [0, 0.1) is 6.92 Å². The average molecular weight is 291 g/mol. The quantitative estimate of drug-likeness (QED) is 0.479. The Hall–Kier alpha value is -2.50. The van der Waals surface area contributed by atoms with Gasteiger partial charge >= 0.3 is 12.2 Å². The Kier molecular flexibility index (Phi) is 5.35. The van der Waals surface area contributed by atoms with Gasteiger partial charge in [-0.25, -0.2) is 10.6 Å². The van der Waals surface area contributed by atoms with E-state index in [2.05, 4.69) is 5.32 Å². The van der Waals surface area contributed by atoms with Gasteiger partial charge in [-0.05, 0) is 32.3 Å². The van der Waals surface area contributed by atoms with E-state index in [4.69, 9.17) is 15.4 Å². The number of amides is 3. The number of hydrogen-bond acceptors (Lipinski definition) is 5. The van der Waals surface area contributed by atoms with E-state index in [1.165, 1.54) is 5.56 Å². The van der Waals surface area contributed by atoms with Crippen molar-refractivity contribution < 1.29 is 19.2 Å². The van der Waals surface area contributed by atoms with Gasteiger partial charge in [0, 0.05) is 0 Å². The summed E-state index contributed by atoms with van der Waals surface area (Å²) in [6.45, 7) is 3.73. The Morgan fingerprint density at radius 2 is 1.76 bits per heavy atom. The summed E-state index contributed by atoms with van der Waals surface area (Å²) in [5.74, 6) is 4.98. The van der Waals surface area contributed by atoms with E-state index in [0.717, 1.165) is 12.0 Å². The molecule has 0 aromatic heterocycles. The van der Waals surface area contributed by atoms with Crippen molar-refractivity contribution in [2.45, 2.75) is 32.2 Å². The second-order valence-corrected chi connectivity index (χ2v) is 5.01. The highest BCUT2D eigenvalue weighted by Crippen LogP contribution is 2.21. The van der Waals surface area contributed by atoms with Gasteiger partial charge in [-0.15, -0.1) is 0 Å². The van der Waals surface area contributed by atoms with Gasteiger partial charge in [-0.2, -0.15) is 14.6 Å². The lowest BCUT2D eigenvalue weighted by Gasteiger charge is -2.20. The highest BCUT2D eigenvalue weighted by Gasteiger charge is 2.46. The molecule has 0 saturated carbocycles. The van der Waals surface area contributed by atoms with Crippen LogP contribution in [0.2, 0.25) is 0 Å². The molecular weight excluding hydrogens is 274 g/mol. The van der Waals surface area contributed by atoms with E-state index in [1.54, 1.807) is 6.92 Å². The fourth-order valence-electron chi connectivity index (χ4n) is 2.03. The van der Waals surface area contributed by atoms with Crippen molar-refractivity contribution in [2.75, 3.05) is 0 Å². The Morgan fingerprint density at radius 1 is 1.24 bits per heavy atom. The molecule has 1 aromatic carbocycles. The molecule has 112 valence electrons. The molecule has 0 spiro atoms. The highest BCUT2D eigenvalue weighted by molar-refractivity contribution is 6.06. The molecule has 0 bridgehead atoms. The number of aryl methyl sites for hydroxylation is 2. The molecule has 7 heteroatoms. The van der Waals surface area contributed by atoms with Crippen LogP contribution in [-0.4, -0.2) is 28.6 Å². The van der Waals surface area contributed by atoms with Crippen LogP contribution in [0.25, 0.3) is 0 Å². The van der Waals surface area contributed by atoms with Crippen LogP contribution in [0.3, 0.4) is 0 Å². The maximum absolute atomic E-state index is 11.8. The number of nitrogens with two attached hydrogens (primary N) is 1. The van der Waals surface area contributed by atoms with Gasteiger partial charge in [0.1, 0.15) is 5.54 Å². The Labute approximate surface area is 122 Å². The predicted molar refractivity (Wildman–Crippen MR) is 72.5 cm³/mol. The second kappa shape index (κ2) is 6.78. The lowest BCUT2D eigenvalue weighted by atomic mass is 9.93. The largest absolute Gasteiger partial charge is 0.373 e. The second-order valence-electron chi connectivity index (χ2n) is 5.01. The number of rotatable bonds is 3. The number of benzene rings is 1. The molecule has 7 nitrogen and oxygen atoms in total. The van der Waals surface area contributed by atoms with Gasteiger partial charge in [-0.3, -0.25) is 4.79 Å². The minimum absolute atomic E-state index is 0.250. The van der Waals surface area contributed by atoms with Crippen LogP contribution in [0.4, 0.5) is 4.79 Å². The summed E-state index contributed by atoms with van der Waals surface area (Å²) in [5.41, 5.74) is 1.44. The SMILES string of the molecule is Cc1ccc(CCC2(C)NC(=O)N(N)C2=O)cc1.O=C=O. The van der Waals surface area contributed by atoms with E-state index in [0.29, 0.717) is 11.4 Å². The summed E-state index contributed by atoms with van der Waals surface area (Å²) in [5, 5.41) is 3.27. The van der Waals surface area contributed by atoms with E-state index in [-0.39, 0.29) is 12.1 Å². The van der Waals surface area contributed by atoms with Gasteiger partial charge < -0.3 is 5.32 Å². The van der Waals surface area contributed by atoms with Crippen molar-refractivity contribution in [3.63, 3.8) is 0 Å². The molecule has 1 heterocycles. The molecule has 1 aliphatic rings. The van der Waals surface area contributed by atoms with E-state index >= 15 is 0 Å². The average Bonchev–Trinajstić information content (AvgIpc) is 2.63. The molecule has 0 radical (unpaired) electrons. The number of hydrogen-bond donors (Lipinski definition) is 2.